The summed E-state index contributed by atoms with van der Waals surface area (Å²) in [5, 5.41) is 17.2. The lowest BCUT2D eigenvalue weighted by Crippen LogP contribution is -2.29. The fourth-order valence-electron chi connectivity index (χ4n) is 2.89. The van der Waals surface area contributed by atoms with E-state index in [1.165, 1.54) is 24.8 Å². The molecule has 2 heterocycles. The molecule has 0 bridgehead atoms. The number of aryl methyl sites for hydroxylation is 1. The van der Waals surface area contributed by atoms with Crippen LogP contribution < -0.4 is 10.6 Å². The van der Waals surface area contributed by atoms with Gasteiger partial charge in [0, 0.05) is 23.8 Å². The summed E-state index contributed by atoms with van der Waals surface area (Å²) in [5.41, 5.74) is 3.54. The Labute approximate surface area is 156 Å². The minimum atomic E-state index is -0.526. The van der Waals surface area contributed by atoms with E-state index in [1.54, 1.807) is 10.6 Å². The van der Waals surface area contributed by atoms with Crippen LogP contribution in [0.3, 0.4) is 0 Å². The summed E-state index contributed by atoms with van der Waals surface area (Å²) in [6.07, 6.45) is 2.99. The van der Waals surface area contributed by atoms with E-state index in [9.17, 15) is 9.18 Å². The number of hydrogen-bond donors (Lipinski definition) is 2. The lowest BCUT2D eigenvalue weighted by Gasteiger charge is -2.11. The van der Waals surface area contributed by atoms with Gasteiger partial charge in [-0.3, -0.25) is 9.25 Å². The zero-order valence-corrected chi connectivity index (χ0v) is 15.7. The molecule has 0 saturated carbocycles. The summed E-state index contributed by atoms with van der Waals surface area (Å²) < 4.78 is 17.6. The monoisotopic (exact) mass is 371 g/mol. The highest BCUT2D eigenvalue weighted by atomic mass is 19.1. The Bertz CT molecular complexity index is 947. The average Bonchev–Trinajstić information content (AvgIpc) is 3.24. The fraction of sp³-hybridized carbons (Fsp3) is 0.333. The Balaban J connectivity index is 1.69. The first-order valence-electron chi connectivity index (χ1n) is 8.60. The standard InChI is InChI=1S/C18H22FN7O/c1-11(2)26-13(4)15(12(3)24-26)8-20-18(27)23-17-7-14(5-6-16(17)19)25-9-21-22-10-25/h5-7,9-11H,8H2,1-4H3,(H2,20,23,27). The third kappa shape index (κ3) is 3.97. The maximum atomic E-state index is 14.1. The maximum Gasteiger partial charge on any atom is 0.319 e. The Morgan fingerprint density at radius 1 is 1.22 bits per heavy atom. The molecular weight excluding hydrogens is 349 g/mol. The zero-order chi connectivity index (χ0) is 19.6. The van der Waals surface area contributed by atoms with E-state index in [-0.39, 0.29) is 11.7 Å². The number of urea groups is 1. The van der Waals surface area contributed by atoms with Crippen molar-refractivity contribution in [3.63, 3.8) is 0 Å². The SMILES string of the molecule is Cc1nn(C(C)C)c(C)c1CNC(=O)Nc1cc(-n2cnnc2)ccc1F. The second-order valence-corrected chi connectivity index (χ2v) is 6.53. The van der Waals surface area contributed by atoms with Crippen LogP contribution in [0.2, 0.25) is 0 Å². The highest BCUT2D eigenvalue weighted by Gasteiger charge is 2.15. The van der Waals surface area contributed by atoms with Crippen LogP contribution in [0.15, 0.2) is 30.9 Å². The maximum absolute atomic E-state index is 14.1. The number of anilines is 1. The van der Waals surface area contributed by atoms with Gasteiger partial charge in [-0.1, -0.05) is 0 Å². The molecule has 0 unspecified atom stereocenters. The van der Waals surface area contributed by atoms with Crippen molar-refractivity contribution < 1.29 is 9.18 Å². The number of rotatable bonds is 5. The smallest absolute Gasteiger partial charge is 0.319 e. The van der Waals surface area contributed by atoms with E-state index in [2.05, 4.69) is 39.8 Å². The molecule has 0 aliphatic rings. The van der Waals surface area contributed by atoms with Crippen LogP contribution in [0.25, 0.3) is 5.69 Å². The van der Waals surface area contributed by atoms with Crippen molar-refractivity contribution in [1.29, 1.82) is 0 Å². The quantitative estimate of drug-likeness (QED) is 0.721. The summed E-state index contributed by atoms with van der Waals surface area (Å²) in [6.45, 7) is 8.28. The number of carbonyl (C=O) groups excluding carboxylic acids is 1. The number of benzene rings is 1. The van der Waals surface area contributed by atoms with Gasteiger partial charge < -0.3 is 10.6 Å². The largest absolute Gasteiger partial charge is 0.334 e. The predicted molar refractivity (Wildman–Crippen MR) is 99.3 cm³/mol. The Morgan fingerprint density at radius 3 is 2.56 bits per heavy atom. The summed E-state index contributed by atoms with van der Waals surface area (Å²) in [5.74, 6) is -0.526. The van der Waals surface area contributed by atoms with Crippen molar-refractivity contribution >= 4 is 11.7 Å². The molecule has 0 spiro atoms. The molecule has 0 atom stereocenters. The molecule has 3 rings (SSSR count). The third-order valence-electron chi connectivity index (χ3n) is 4.30. The van der Waals surface area contributed by atoms with Crippen LogP contribution >= 0.6 is 0 Å². The van der Waals surface area contributed by atoms with Crippen molar-refractivity contribution in [2.24, 2.45) is 0 Å². The first-order valence-corrected chi connectivity index (χ1v) is 8.60. The van der Waals surface area contributed by atoms with Gasteiger partial charge in [0.1, 0.15) is 18.5 Å². The lowest BCUT2D eigenvalue weighted by molar-refractivity contribution is 0.251. The van der Waals surface area contributed by atoms with Crippen LogP contribution in [0, 0.1) is 19.7 Å². The fourth-order valence-corrected chi connectivity index (χ4v) is 2.89. The number of aromatic nitrogens is 5. The zero-order valence-electron chi connectivity index (χ0n) is 15.7. The number of amides is 2. The van der Waals surface area contributed by atoms with E-state index in [0.29, 0.717) is 12.2 Å². The van der Waals surface area contributed by atoms with Crippen molar-refractivity contribution in [2.75, 3.05) is 5.32 Å². The first kappa shape index (κ1) is 18.6. The minimum absolute atomic E-state index is 0.0741. The van der Waals surface area contributed by atoms with E-state index < -0.39 is 11.8 Å². The van der Waals surface area contributed by atoms with E-state index in [1.807, 2.05) is 18.5 Å². The lowest BCUT2D eigenvalue weighted by atomic mass is 10.2. The Kier molecular flexibility index (Phi) is 5.20. The third-order valence-corrected chi connectivity index (χ3v) is 4.30. The molecule has 27 heavy (non-hydrogen) atoms. The summed E-state index contributed by atoms with van der Waals surface area (Å²) in [6, 6.07) is 4.12. The van der Waals surface area contributed by atoms with Crippen molar-refractivity contribution in [1.82, 2.24) is 29.9 Å². The minimum Gasteiger partial charge on any atom is -0.334 e. The van der Waals surface area contributed by atoms with Gasteiger partial charge in [-0.2, -0.15) is 5.10 Å². The normalized spacial score (nSPS) is 11.0. The van der Waals surface area contributed by atoms with Gasteiger partial charge in [-0.15, -0.1) is 10.2 Å². The van der Waals surface area contributed by atoms with Gasteiger partial charge >= 0.3 is 6.03 Å². The van der Waals surface area contributed by atoms with Gasteiger partial charge in [0.05, 0.1) is 17.1 Å². The molecule has 0 aliphatic carbocycles. The number of carbonyl (C=O) groups is 1. The molecule has 1 aromatic carbocycles. The topological polar surface area (TPSA) is 89.7 Å². The molecule has 8 nitrogen and oxygen atoms in total. The molecule has 3 aromatic rings. The molecule has 9 heteroatoms. The Morgan fingerprint density at radius 2 is 1.93 bits per heavy atom. The highest BCUT2D eigenvalue weighted by Crippen LogP contribution is 2.19. The van der Waals surface area contributed by atoms with Gasteiger partial charge in [0.15, 0.2) is 0 Å². The molecular formula is C18H22FN7O. The van der Waals surface area contributed by atoms with Crippen LogP contribution in [-0.2, 0) is 6.54 Å². The van der Waals surface area contributed by atoms with Crippen LogP contribution in [0.1, 0.15) is 36.8 Å². The number of nitrogens with zero attached hydrogens (tertiary/aromatic N) is 5. The van der Waals surface area contributed by atoms with Gasteiger partial charge in [0.25, 0.3) is 0 Å². The summed E-state index contributed by atoms with van der Waals surface area (Å²) in [4.78, 5) is 12.3. The van der Waals surface area contributed by atoms with Crippen LogP contribution in [0.4, 0.5) is 14.9 Å². The van der Waals surface area contributed by atoms with Gasteiger partial charge in [-0.25, -0.2) is 9.18 Å². The van der Waals surface area contributed by atoms with Crippen molar-refractivity contribution in [3.05, 3.63) is 53.6 Å². The van der Waals surface area contributed by atoms with Crippen molar-refractivity contribution in [3.8, 4) is 5.69 Å². The molecule has 0 radical (unpaired) electrons. The molecule has 2 amide bonds. The van der Waals surface area contributed by atoms with E-state index in [4.69, 9.17) is 0 Å². The molecule has 0 aliphatic heterocycles. The van der Waals surface area contributed by atoms with Crippen molar-refractivity contribution in [2.45, 2.75) is 40.3 Å². The summed E-state index contributed by atoms with van der Waals surface area (Å²) in [7, 11) is 0. The number of nitrogens with one attached hydrogen (secondary N) is 2. The van der Waals surface area contributed by atoms with Gasteiger partial charge in [0.2, 0.25) is 0 Å². The van der Waals surface area contributed by atoms with Crippen LogP contribution in [-0.4, -0.2) is 30.6 Å². The van der Waals surface area contributed by atoms with E-state index >= 15 is 0 Å². The number of halogens is 1. The highest BCUT2D eigenvalue weighted by molar-refractivity contribution is 5.89. The first-order chi connectivity index (χ1) is 12.9. The molecule has 0 fully saturated rings. The predicted octanol–water partition coefficient (Wildman–Crippen LogP) is 3.12. The van der Waals surface area contributed by atoms with E-state index in [0.717, 1.165) is 17.0 Å². The van der Waals surface area contributed by atoms with Crippen LogP contribution in [0.5, 0.6) is 0 Å². The van der Waals surface area contributed by atoms with Gasteiger partial charge in [-0.05, 0) is 45.9 Å². The Hall–Kier alpha value is -3.23. The molecule has 2 aromatic heterocycles. The molecule has 142 valence electrons. The summed E-state index contributed by atoms with van der Waals surface area (Å²) >= 11 is 0. The second kappa shape index (κ2) is 7.56. The second-order valence-electron chi connectivity index (χ2n) is 6.53. The molecule has 2 N–H and O–H groups in total. The average molecular weight is 371 g/mol. The number of hydrogen-bond acceptors (Lipinski definition) is 4. The molecule has 0 saturated heterocycles.